The lowest BCUT2D eigenvalue weighted by molar-refractivity contribution is -0.923. The molecule has 2 unspecified atom stereocenters. The number of rotatable bonds is 16. The van der Waals surface area contributed by atoms with E-state index < -0.39 is 25.6 Å². The largest absolute Gasteiger partial charge is 0.541 e. The quantitative estimate of drug-likeness (QED) is 0.137. The smallest absolute Gasteiger partial charge is 0.370 e. The molecule has 0 aromatic carbocycles. The lowest BCUT2D eigenvalue weighted by atomic mass is 10.1. The number of aliphatic hydroxyl groups is 1. The molecule has 0 aliphatic carbocycles. The molecule has 0 heterocycles. The first-order valence-electron chi connectivity index (χ1n) is 10.8. The molecule has 0 aliphatic heterocycles. The molecule has 0 spiro atoms. The summed E-state index contributed by atoms with van der Waals surface area (Å²) in [6.07, 6.45) is 14.6. The van der Waals surface area contributed by atoms with Gasteiger partial charge in [0.2, 0.25) is 0 Å². The molecule has 182 valence electrons. The van der Waals surface area contributed by atoms with Gasteiger partial charge in [0.25, 0.3) is 0 Å². The van der Waals surface area contributed by atoms with Gasteiger partial charge in [-0.3, -0.25) is 9.04 Å². The number of carbonyl (C=O) groups is 1. The monoisotopic (exact) mass is 456 g/mol. The molecular formula is C20H44N2O7S. The maximum atomic E-state index is 10.6. The van der Waals surface area contributed by atoms with E-state index in [1.807, 2.05) is 0 Å². The fourth-order valence-electron chi connectivity index (χ4n) is 2.67. The molecule has 0 saturated heterocycles. The number of likely N-dealkylation sites (N-methyl/N-ethyl adjacent to an activating group) is 1. The van der Waals surface area contributed by atoms with Crippen LogP contribution in [0.4, 0.5) is 0 Å². The van der Waals surface area contributed by atoms with Crippen molar-refractivity contribution in [1.82, 2.24) is 0 Å². The summed E-state index contributed by atoms with van der Waals surface area (Å²) < 4.78 is 34.3. The Bertz CT molecular complexity index is 550. The third-order valence-corrected chi connectivity index (χ3v) is 6.20. The Kier molecular flexibility index (Phi) is 16.7. The number of nitrogens with zero attached hydrogens (tertiary/aromatic N) is 1. The highest BCUT2D eigenvalue weighted by Gasteiger charge is 2.55. The third kappa shape index (κ3) is 12.8. The fraction of sp³-hybridized carbons (Fsp3) is 0.950. The normalized spacial score (nSPS) is 15.1. The second-order valence-electron chi connectivity index (χ2n) is 8.38. The highest BCUT2D eigenvalue weighted by molar-refractivity contribution is 7.87. The Balaban J connectivity index is 0. The molecular weight excluding hydrogens is 412 g/mol. The van der Waals surface area contributed by atoms with Crippen molar-refractivity contribution in [1.29, 1.82) is 0 Å². The molecule has 0 aromatic rings. The molecule has 0 aliphatic rings. The number of hydrogen-bond donors (Lipinski definition) is 3. The van der Waals surface area contributed by atoms with Gasteiger partial charge in [0.1, 0.15) is 6.23 Å². The Morgan fingerprint density at radius 3 is 1.67 bits per heavy atom. The summed E-state index contributed by atoms with van der Waals surface area (Å²) in [4.78, 5) is 10.4. The van der Waals surface area contributed by atoms with E-state index in [1.165, 1.54) is 64.2 Å². The minimum Gasteiger partial charge on any atom is -0.541 e. The van der Waals surface area contributed by atoms with Gasteiger partial charge in [-0.25, -0.2) is 0 Å². The standard InChI is InChI=1S/C15H33NO.C5H11NO6S/c1-3-5-6-7-8-9-10-11-12-13-14-17-15(16)4-2;1-6(2,3)5(9,4(7)8)13(10,11)12/h15H,3-14,16H2,1-2H3;9H,1-3H3,(H-,7,8,10,11,12). The van der Waals surface area contributed by atoms with Crippen LogP contribution in [0.1, 0.15) is 84.5 Å². The van der Waals surface area contributed by atoms with E-state index in [0.29, 0.717) is 0 Å². The van der Waals surface area contributed by atoms with Crippen LogP contribution >= 0.6 is 0 Å². The Labute approximate surface area is 182 Å². The van der Waals surface area contributed by atoms with Crippen molar-refractivity contribution < 1.29 is 37.2 Å². The maximum absolute atomic E-state index is 10.6. The maximum Gasteiger partial charge on any atom is 0.370 e. The number of carboxylic acids is 1. The van der Waals surface area contributed by atoms with Crippen LogP contribution in [-0.2, 0) is 19.6 Å². The van der Waals surface area contributed by atoms with Crippen LogP contribution in [0, 0.1) is 0 Å². The van der Waals surface area contributed by atoms with Crippen molar-refractivity contribution in [3.8, 4) is 0 Å². The topological polar surface area (TPSA) is 150 Å². The first-order chi connectivity index (χ1) is 13.8. The van der Waals surface area contributed by atoms with Gasteiger partial charge in [-0.15, -0.1) is 0 Å². The van der Waals surface area contributed by atoms with Crippen LogP contribution < -0.4 is 10.8 Å². The first kappa shape index (κ1) is 31.4. The molecule has 2 atom stereocenters. The van der Waals surface area contributed by atoms with Gasteiger partial charge in [0.15, 0.2) is 5.97 Å². The number of carboxylic acid groups (broad SMARTS) is 1. The van der Waals surface area contributed by atoms with Gasteiger partial charge in [0.05, 0.1) is 21.1 Å². The number of aliphatic carboxylic acids is 1. The van der Waals surface area contributed by atoms with Crippen LogP contribution in [0.3, 0.4) is 0 Å². The van der Waals surface area contributed by atoms with Crippen LogP contribution in [0.25, 0.3) is 0 Å². The van der Waals surface area contributed by atoms with Gasteiger partial charge in [-0.05, 0) is 12.8 Å². The molecule has 0 fully saturated rings. The second kappa shape index (κ2) is 15.9. The van der Waals surface area contributed by atoms with Crippen molar-refractivity contribution in [2.24, 2.45) is 5.73 Å². The summed E-state index contributed by atoms with van der Waals surface area (Å²) in [5.41, 5.74) is 5.67. The summed E-state index contributed by atoms with van der Waals surface area (Å²) in [5.74, 6) is -2.28. The second-order valence-corrected chi connectivity index (χ2v) is 9.90. The van der Waals surface area contributed by atoms with Gasteiger partial charge in [0, 0.05) is 6.61 Å². The van der Waals surface area contributed by atoms with Gasteiger partial charge in [-0.1, -0.05) is 71.6 Å². The lowest BCUT2D eigenvalue weighted by Crippen LogP contribution is -2.69. The number of nitrogens with two attached hydrogens (primary N) is 1. The van der Waals surface area contributed by atoms with Crippen molar-refractivity contribution in [2.75, 3.05) is 27.7 Å². The van der Waals surface area contributed by atoms with Crippen LogP contribution in [0.15, 0.2) is 0 Å². The zero-order valence-electron chi connectivity index (χ0n) is 19.4. The molecule has 0 saturated carbocycles. The van der Waals surface area contributed by atoms with Crippen LogP contribution in [0.2, 0.25) is 0 Å². The van der Waals surface area contributed by atoms with Gasteiger partial charge < -0.3 is 25.5 Å². The molecule has 0 aromatic heterocycles. The Hall–Kier alpha value is -0.780. The Morgan fingerprint density at radius 1 is 1.00 bits per heavy atom. The average Bonchev–Trinajstić information content (AvgIpc) is 2.63. The number of hydrogen-bond acceptors (Lipinski definition) is 7. The molecule has 0 amide bonds. The number of ether oxygens (including phenoxy) is 1. The summed E-state index contributed by atoms with van der Waals surface area (Å²) in [5, 5.41) is 16.3. The van der Waals surface area contributed by atoms with E-state index in [1.54, 1.807) is 0 Å². The molecule has 0 bridgehead atoms. The highest BCUT2D eigenvalue weighted by Crippen LogP contribution is 2.20. The van der Waals surface area contributed by atoms with E-state index in [0.717, 1.165) is 34.2 Å². The zero-order valence-corrected chi connectivity index (χ0v) is 20.2. The molecule has 0 radical (unpaired) electrons. The third-order valence-electron chi connectivity index (χ3n) is 4.77. The van der Waals surface area contributed by atoms with E-state index in [9.17, 15) is 23.4 Å². The minimum atomic E-state index is -5.16. The van der Waals surface area contributed by atoms with E-state index in [2.05, 4.69) is 13.8 Å². The highest BCUT2D eigenvalue weighted by atomic mass is 32.2. The van der Waals surface area contributed by atoms with Crippen molar-refractivity contribution >= 4 is 16.1 Å². The van der Waals surface area contributed by atoms with Gasteiger partial charge in [-0.2, -0.15) is 8.42 Å². The predicted molar refractivity (Wildman–Crippen MR) is 116 cm³/mol. The number of quaternary nitrogens is 1. The lowest BCUT2D eigenvalue weighted by Gasteiger charge is -2.38. The van der Waals surface area contributed by atoms with Crippen molar-refractivity contribution in [3.63, 3.8) is 0 Å². The van der Waals surface area contributed by atoms with E-state index in [4.69, 9.17) is 15.0 Å². The summed E-state index contributed by atoms with van der Waals surface area (Å²) in [6, 6.07) is 0. The summed E-state index contributed by atoms with van der Waals surface area (Å²) >= 11 is 0. The zero-order chi connectivity index (χ0) is 23.8. The summed E-state index contributed by atoms with van der Waals surface area (Å²) in [7, 11) is -1.90. The molecule has 30 heavy (non-hydrogen) atoms. The predicted octanol–water partition coefficient (Wildman–Crippen LogP) is 1.60. The Morgan fingerprint density at radius 2 is 1.40 bits per heavy atom. The van der Waals surface area contributed by atoms with Crippen molar-refractivity contribution in [3.05, 3.63) is 0 Å². The SMILES string of the molecule is CCCCCCCCCCCCOC(N)CC.C[N+](C)(C)C(O)(C(=O)[O-])S(=O)(=O)O. The van der Waals surface area contributed by atoms with E-state index in [-0.39, 0.29) is 6.23 Å². The van der Waals surface area contributed by atoms with Crippen LogP contribution in [0.5, 0.6) is 0 Å². The minimum absolute atomic E-state index is 0.0476. The molecule has 0 rings (SSSR count). The molecule has 4 N–H and O–H groups in total. The average molecular weight is 457 g/mol. The summed E-state index contributed by atoms with van der Waals surface area (Å²) in [6.45, 7) is 5.17. The fourth-order valence-corrected chi connectivity index (χ4v) is 3.57. The first-order valence-corrected chi connectivity index (χ1v) is 12.3. The van der Waals surface area contributed by atoms with Crippen molar-refractivity contribution in [2.45, 2.75) is 95.8 Å². The van der Waals surface area contributed by atoms with Crippen LogP contribution in [-0.4, -0.2) is 67.6 Å². The number of unbranched alkanes of at least 4 members (excludes halogenated alkanes) is 9. The van der Waals surface area contributed by atoms with Gasteiger partial charge >= 0.3 is 15.2 Å². The molecule has 10 heteroatoms. The molecule has 9 nitrogen and oxygen atoms in total. The van der Waals surface area contributed by atoms with E-state index >= 15 is 0 Å². The number of carbonyl (C=O) groups excluding carboxylic acids is 1.